The molecule has 0 unspecified atom stereocenters. The van der Waals surface area contributed by atoms with Crippen molar-refractivity contribution in [2.45, 2.75) is 4.90 Å². The zero-order chi connectivity index (χ0) is 20.6. The third-order valence-corrected chi connectivity index (χ3v) is 5.59. The van der Waals surface area contributed by atoms with Crippen molar-refractivity contribution >= 4 is 48.7 Å². The van der Waals surface area contributed by atoms with E-state index in [1.54, 1.807) is 49.5 Å². The summed E-state index contributed by atoms with van der Waals surface area (Å²) in [5.41, 5.74) is 0.878. The number of hydrogen-bond donors (Lipinski definition) is 3. The molecule has 0 spiro atoms. The second-order valence-electron chi connectivity index (χ2n) is 6.40. The van der Waals surface area contributed by atoms with Crippen LogP contribution in [-0.4, -0.2) is 25.1 Å². The van der Waals surface area contributed by atoms with Gasteiger partial charge in [0.15, 0.2) is 5.75 Å². The van der Waals surface area contributed by atoms with Gasteiger partial charge in [0, 0.05) is 23.5 Å². The average molecular weight is 407 g/mol. The molecule has 0 radical (unpaired) electrons. The zero-order valence-electron chi connectivity index (χ0n) is 15.4. The van der Waals surface area contributed by atoms with Gasteiger partial charge in [0.2, 0.25) is 0 Å². The number of rotatable bonds is 4. The van der Waals surface area contributed by atoms with Crippen LogP contribution in [0.3, 0.4) is 0 Å². The largest absolute Gasteiger partial charge is 0.505 e. The highest BCUT2D eigenvalue weighted by Gasteiger charge is 2.19. The van der Waals surface area contributed by atoms with E-state index in [0.717, 1.165) is 11.1 Å². The van der Waals surface area contributed by atoms with Gasteiger partial charge in [-0.15, -0.1) is 10.2 Å². The first-order chi connectivity index (χ1) is 13.9. The number of phenolic OH excluding ortho intramolecular Hbond substituents is 1. The summed E-state index contributed by atoms with van der Waals surface area (Å²) in [5.74, 6) is -0.0783. The average Bonchev–Trinajstić information content (AvgIpc) is 2.71. The second kappa shape index (κ2) is 7.16. The van der Waals surface area contributed by atoms with Gasteiger partial charge in [-0.05, 0) is 29.0 Å². The van der Waals surface area contributed by atoms with E-state index in [4.69, 9.17) is 0 Å². The number of nitrogens with one attached hydrogen (secondary N) is 1. The minimum atomic E-state index is -4.55. The number of fused-ring (bicyclic) bond motifs is 2. The Morgan fingerprint density at radius 3 is 2.24 bits per heavy atom. The molecule has 0 fully saturated rings. The van der Waals surface area contributed by atoms with Crippen molar-refractivity contribution in [1.29, 1.82) is 0 Å². The minimum absolute atomic E-state index is 0.0207. The van der Waals surface area contributed by atoms with Crippen molar-refractivity contribution in [3.63, 3.8) is 0 Å². The van der Waals surface area contributed by atoms with E-state index < -0.39 is 10.1 Å². The number of aromatic hydroxyl groups is 1. The number of nitrogens with zero attached hydrogens (tertiary/aromatic N) is 2. The molecule has 0 heterocycles. The standard InChI is InChI=1S/C21H17N3O4S/c1-22-16-8-4-6-14-10-11-17(20(25)19(14)16)23-24-18-12-9-13-5-2-3-7-15(13)21(18)29(26,27)28/h2-12,22,25H,1H3,(H,26,27,28). The van der Waals surface area contributed by atoms with Crippen molar-refractivity contribution < 1.29 is 18.1 Å². The molecule has 0 aromatic heterocycles. The van der Waals surface area contributed by atoms with Crippen LogP contribution in [0.5, 0.6) is 5.75 Å². The summed E-state index contributed by atoms with van der Waals surface area (Å²) in [6.45, 7) is 0. The number of anilines is 1. The van der Waals surface area contributed by atoms with Crippen LogP contribution in [0.25, 0.3) is 21.5 Å². The molecule has 8 heteroatoms. The van der Waals surface area contributed by atoms with Gasteiger partial charge in [0.1, 0.15) is 16.3 Å². The van der Waals surface area contributed by atoms with Crippen LogP contribution in [0.15, 0.2) is 81.9 Å². The predicted molar refractivity (Wildman–Crippen MR) is 113 cm³/mol. The fourth-order valence-corrected chi connectivity index (χ4v) is 4.16. The number of benzene rings is 4. The van der Waals surface area contributed by atoms with Crippen molar-refractivity contribution in [2.24, 2.45) is 10.2 Å². The Labute approximate surface area is 167 Å². The van der Waals surface area contributed by atoms with Crippen LogP contribution in [0.4, 0.5) is 17.1 Å². The lowest BCUT2D eigenvalue weighted by atomic mass is 10.1. The molecule has 0 aliphatic carbocycles. The maximum atomic E-state index is 12.0. The molecule has 7 nitrogen and oxygen atoms in total. The highest BCUT2D eigenvalue weighted by Crippen LogP contribution is 2.40. The fourth-order valence-electron chi connectivity index (χ4n) is 3.33. The molecule has 4 rings (SSSR count). The van der Waals surface area contributed by atoms with Gasteiger partial charge in [-0.3, -0.25) is 4.55 Å². The van der Waals surface area contributed by atoms with E-state index in [-0.39, 0.29) is 22.0 Å². The van der Waals surface area contributed by atoms with Gasteiger partial charge < -0.3 is 10.4 Å². The Hall–Kier alpha value is -3.49. The number of hydrogen-bond acceptors (Lipinski definition) is 6. The van der Waals surface area contributed by atoms with Crippen molar-refractivity contribution in [3.8, 4) is 5.75 Å². The zero-order valence-corrected chi connectivity index (χ0v) is 16.2. The van der Waals surface area contributed by atoms with Crippen LogP contribution >= 0.6 is 0 Å². The topological polar surface area (TPSA) is 111 Å². The molecule has 4 aromatic rings. The lowest BCUT2D eigenvalue weighted by Gasteiger charge is -2.09. The van der Waals surface area contributed by atoms with Crippen LogP contribution in [0.1, 0.15) is 0 Å². The molecule has 3 N–H and O–H groups in total. The third-order valence-electron chi connectivity index (χ3n) is 4.65. The molecule has 0 atom stereocenters. The Bertz CT molecular complexity index is 1380. The monoisotopic (exact) mass is 407 g/mol. The second-order valence-corrected chi connectivity index (χ2v) is 7.76. The normalized spacial score (nSPS) is 12.1. The van der Waals surface area contributed by atoms with Crippen molar-refractivity contribution in [1.82, 2.24) is 0 Å². The maximum absolute atomic E-state index is 12.0. The Morgan fingerprint density at radius 2 is 1.48 bits per heavy atom. The first-order valence-electron chi connectivity index (χ1n) is 8.73. The van der Waals surface area contributed by atoms with Gasteiger partial charge >= 0.3 is 0 Å². The minimum Gasteiger partial charge on any atom is -0.505 e. The molecule has 146 valence electrons. The summed E-state index contributed by atoms with van der Waals surface area (Å²) < 4.78 is 33.7. The molecule has 4 aromatic carbocycles. The van der Waals surface area contributed by atoms with Crippen LogP contribution < -0.4 is 5.32 Å². The van der Waals surface area contributed by atoms with Crippen LogP contribution in [0, 0.1) is 0 Å². The van der Waals surface area contributed by atoms with Gasteiger partial charge in [0.25, 0.3) is 10.1 Å². The molecular formula is C21H17N3O4S. The highest BCUT2D eigenvalue weighted by atomic mass is 32.2. The number of azo groups is 1. The first-order valence-corrected chi connectivity index (χ1v) is 10.2. The molecule has 29 heavy (non-hydrogen) atoms. The van der Waals surface area contributed by atoms with Gasteiger partial charge in [-0.1, -0.05) is 48.5 Å². The van der Waals surface area contributed by atoms with Gasteiger partial charge in [0.05, 0.1) is 0 Å². The van der Waals surface area contributed by atoms with Gasteiger partial charge in [-0.25, -0.2) is 0 Å². The fraction of sp³-hybridized carbons (Fsp3) is 0.0476. The summed E-state index contributed by atoms with van der Waals surface area (Å²) in [5, 5.41) is 24.2. The highest BCUT2D eigenvalue weighted by molar-refractivity contribution is 7.86. The first kappa shape index (κ1) is 18.9. The molecule has 0 aliphatic heterocycles. The lowest BCUT2D eigenvalue weighted by molar-refractivity contribution is 0.482. The molecule has 0 bridgehead atoms. The van der Waals surface area contributed by atoms with E-state index in [9.17, 15) is 18.1 Å². The van der Waals surface area contributed by atoms with Crippen molar-refractivity contribution in [2.75, 3.05) is 12.4 Å². The van der Waals surface area contributed by atoms with E-state index in [0.29, 0.717) is 16.2 Å². The smallest absolute Gasteiger partial charge is 0.297 e. The molecule has 0 saturated carbocycles. The molecular weight excluding hydrogens is 390 g/mol. The Balaban J connectivity index is 1.89. The summed E-state index contributed by atoms with van der Waals surface area (Å²) in [7, 11) is -2.80. The summed E-state index contributed by atoms with van der Waals surface area (Å²) >= 11 is 0. The Morgan fingerprint density at radius 1 is 0.828 bits per heavy atom. The lowest BCUT2D eigenvalue weighted by Crippen LogP contribution is -1.99. The molecule has 0 aliphatic rings. The van der Waals surface area contributed by atoms with Gasteiger partial charge in [-0.2, -0.15) is 8.42 Å². The van der Waals surface area contributed by atoms with Crippen LogP contribution in [-0.2, 0) is 10.1 Å². The van der Waals surface area contributed by atoms with E-state index in [1.807, 2.05) is 18.2 Å². The quantitative estimate of drug-likeness (QED) is 0.310. The van der Waals surface area contributed by atoms with E-state index >= 15 is 0 Å². The predicted octanol–water partition coefficient (Wildman–Crippen LogP) is 5.40. The number of phenols is 1. The maximum Gasteiger partial charge on any atom is 0.297 e. The van der Waals surface area contributed by atoms with Crippen molar-refractivity contribution in [3.05, 3.63) is 66.7 Å². The third kappa shape index (κ3) is 3.39. The molecule has 0 saturated heterocycles. The Kier molecular flexibility index (Phi) is 4.65. The summed E-state index contributed by atoms with van der Waals surface area (Å²) in [6.07, 6.45) is 0. The summed E-state index contributed by atoms with van der Waals surface area (Å²) in [6, 6.07) is 18.8. The van der Waals surface area contributed by atoms with E-state index in [2.05, 4.69) is 15.5 Å². The van der Waals surface area contributed by atoms with Crippen LogP contribution in [0.2, 0.25) is 0 Å². The molecule has 0 amide bonds. The van der Waals surface area contributed by atoms with E-state index in [1.165, 1.54) is 6.07 Å². The SMILES string of the molecule is CNc1cccc2ccc(N=Nc3ccc4ccccc4c3S(=O)(=O)O)c(O)c12. The summed E-state index contributed by atoms with van der Waals surface area (Å²) in [4.78, 5) is -0.324.